The Kier molecular flexibility index (Phi) is 4.90. The van der Waals surface area contributed by atoms with Crippen LogP contribution in [-0.2, 0) is 6.42 Å². The minimum Gasteiger partial charge on any atom is -0.310 e. The van der Waals surface area contributed by atoms with E-state index in [1.807, 2.05) is 24.4 Å². The van der Waals surface area contributed by atoms with Crippen molar-refractivity contribution in [1.29, 1.82) is 0 Å². The Bertz CT molecular complexity index is 485. The molecule has 0 amide bonds. The fraction of sp³-hybridized carbons (Fsp3) is 0.267. The van der Waals surface area contributed by atoms with Gasteiger partial charge in [0.05, 0.1) is 0 Å². The second kappa shape index (κ2) is 6.66. The van der Waals surface area contributed by atoms with Crippen LogP contribution in [0.3, 0.4) is 0 Å². The maximum atomic E-state index is 4.40. The van der Waals surface area contributed by atoms with Crippen molar-refractivity contribution in [1.82, 2.24) is 10.3 Å². The molecule has 2 nitrogen and oxygen atoms in total. The summed E-state index contributed by atoms with van der Waals surface area (Å²) in [6, 6.07) is 14.7. The molecule has 94 valence electrons. The first kappa shape index (κ1) is 13.2. The molecule has 0 saturated heterocycles. The molecule has 1 aromatic carbocycles. The molecule has 1 aromatic heterocycles. The third-order valence-electron chi connectivity index (χ3n) is 2.87. The van der Waals surface area contributed by atoms with Gasteiger partial charge in [-0.15, -0.1) is 0 Å². The molecule has 1 heterocycles. The molecular weight excluding hydrogens is 288 g/mol. The molecule has 2 aromatic rings. The Morgan fingerprint density at radius 1 is 1.17 bits per heavy atom. The molecule has 0 fully saturated rings. The minimum atomic E-state index is 0.292. The number of hydrogen-bond acceptors (Lipinski definition) is 2. The van der Waals surface area contributed by atoms with E-state index in [1.165, 1.54) is 5.56 Å². The topological polar surface area (TPSA) is 24.9 Å². The number of hydrogen-bond donors (Lipinski definition) is 1. The highest BCUT2D eigenvalue weighted by molar-refractivity contribution is 9.10. The first-order chi connectivity index (χ1) is 8.81. The van der Waals surface area contributed by atoms with E-state index < -0.39 is 0 Å². The summed E-state index contributed by atoms with van der Waals surface area (Å²) in [4.78, 5) is 4.40. The van der Waals surface area contributed by atoms with Gasteiger partial charge in [-0.25, -0.2) is 0 Å². The third-order valence-corrected chi connectivity index (χ3v) is 3.59. The molecule has 0 saturated carbocycles. The molecule has 2 rings (SSSR count). The van der Waals surface area contributed by atoms with E-state index in [0.29, 0.717) is 6.04 Å². The lowest BCUT2D eigenvalue weighted by atomic mass is 10.0. The normalized spacial score (nSPS) is 12.3. The summed E-state index contributed by atoms with van der Waals surface area (Å²) >= 11 is 3.62. The Morgan fingerprint density at radius 3 is 2.61 bits per heavy atom. The molecule has 1 unspecified atom stereocenters. The highest BCUT2D eigenvalue weighted by Gasteiger charge is 2.14. The van der Waals surface area contributed by atoms with Gasteiger partial charge in [0, 0.05) is 28.8 Å². The quantitative estimate of drug-likeness (QED) is 0.910. The van der Waals surface area contributed by atoms with Crippen LogP contribution in [0.4, 0.5) is 0 Å². The second-order valence-electron chi connectivity index (χ2n) is 4.16. The van der Waals surface area contributed by atoms with Gasteiger partial charge in [0.25, 0.3) is 0 Å². The molecule has 0 aliphatic carbocycles. The summed E-state index contributed by atoms with van der Waals surface area (Å²) in [5.41, 5.74) is 2.39. The zero-order chi connectivity index (χ0) is 12.8. The van der Waals surface area contributed by atoms with Gasteiger partial charge in [-0.1, -0.05) is 47.1 Å². The minimum absolute atomic E-state index is 0.292. The zero-order valence-electron chi connectivity index (χ0n) is 10.4. The number of halogens is 1. The summed E-state index contributed by atoms with van der Waals surface area (Å²) < 4.78 is 1.15. The van der Waals surface area contributed by atoms with Crippen molar-refractivity contribution in [3.05, 3.63) is 64.4 Å². The van der Waals surface area contributed by atoms with Crippen molar-refractivity contribution in [3.63, 3.8) is 0 Å². The lowest BCUT2D eigenvalue weighted by Gasteiger charge is -2.19. The van der Waals surface area contributed by atoms with Crippen LogP contribution < -0.4 is 5.32 Å². The van der Waals surface area contributed by atoms with Crippen LogP contribution in [0.5, 0.6) is 0 Å². The number of nitrogens with zero attached hydrogens (tertiary/aromatic N) is 1. The van der Waals surface area contributed by atoms with Crippen LogP contribution >= 0.6 is 15.9 Å². The highest BCUT2D eigenvalue weighted by atomic mass is 79.9. The molecule has 3 heteroatoms. The molecule has 1 N–H and O–H groups in total. The molecule has 0 aliphatic heterocycles. The van der Waals surface area contributed by atoms with E-state index in [2.05, 4.69) is 57.4 Å². The van der Waals surface area contributed by atoms with Crippen molar-refractivity contribution in [2.75, 3.05) is 6.54 Å². The summed E-state index contributed by atoms with van der Waals surface area (Å²) in [6.07, 6.45) is 2.75. The number of nitrogens with one attached hydrogen (secondary N) is 1. The number of likely N-dealkylation sites (N-methyl/N-ethyl adjacent to an activating group) is 1. The summed E-state index contributed by atoms with van der Waals surface area (Å²) in [7, 11) is 0. The molecule has 0 spiro atoms. The Morgan fingerprint density at radius 2 is 1.94 bits per heavy atom. The third kappa shape index (κ3) is 3.40. The molecule has 0 bridgehead atoms. The standard InChI is InChI=1S/C15H17BrN2/c1-2-17-15(11-12-7-5-6-10-18-12)13-8-3-4-9-14(13)16/h3-10,15,17H,2,11H2,1H3. The monoisotopic (exact) mass is 304 g/mol. The average Bonchev–Trinajstić information content (AvgIpc) is 2.40. The van der Waals surface area contributed by atoms with Gasteiger partial charge in [0.1, 0.15) is 0 Å². The number of benzene rings is 1. The Labute approximate surface area is 117 Å². The number of rotatable bonds is 5. The van der Waals surface area contributed by atoms with Gasteiger partial charge in [0.2, 0.25) is 0 Å². The fourth-order valence-electron chi connectivity index (χ4n) is 2.02. The molecular formula is C15H17BrN2. The predicted octanol–water partition coefficient (Wildman–Crippen LogP) is 3.74. The van der Waals surface area contributed by atoms with Gasteiger partial charge < -0.3 is 5.32 Å². The van der Waals surface area contributed by atoms with Gasteiger partial charge in [0.15, 0.2) is 0 Å². The smallest absolute Gasteiger partial charge is 0.0422 e. The zero-order valence-corrected chi connectivity index (χ0v) is 12.0. The van der Waals surface area contributed by atoms with Crippen molar-refractivity contribution in [2.24, 2.45) is 0 Å². The van der Waals surface area contributed by atoms with Crippen LogP contribution in [0.1, 0.15) is 24.2 Å². The first-order valence-corrected chi connectivity index (χ1v) is 6.98. The summed E-state index contributed by atoms with van der Waals surface area (Å²) in [6.45, 7) is 3.07. The van der Waals surface area contributed by atoms with Crippen molar-refractivity contribution < 1.29 is 0 Å². The molecule has 1 atom stereocenters. The lowest BCUT2D eigenvalue weighted by molar-refractivity contribution is 0.542. The van der Waals surface area contributed by atoms with E-state index in [0.717, 1.165) is 23.1 Å². The number of pyridine rings is 1. The largest absolute Gasteiger partial charge is 0.310 e. The van der Waals surface area contributed by atoms with Crippen molar-refractivity contribution >= 4 is 15.9 Å². The van der Waals surface area contributed by atoms with Gasteiger partial charge in [-0.2, -0.15) is 0 Å². The number of aromatic nitrogens is 1. The van der Waals surface area contributed by atoms with Gasteiger partial charge in [-0.3, -0.25) is 4.98 Å². The van der Waals surface area contributed by atoms with Gasteiger partial charge in [-0.05, 0) is 30.3 Å². The van der Waals surface area contributed by atoms with Crippen LogP contribution in [0.15, 0.2) is 53.1 Å². The average molecular weight is 305 g/mol. The van der Waals surface area contributed by atoms with Crippen molar-refractivity contribution in [3.8, 4) is 0 Å². The maximum Gasteiger partial charge on any atom is 0.0422 e. The molecule has 0 radical (unpaired) electrons. The SMILES string of the molecule is CCNC(Cc1ccccn1)c1ccccc1Br. The van der Waals surface area contributed by atoms with Crippen LogP contribution in [-0.4, -0.2) is 11.5 Å². The first-order valence-electron chi connectivity index (χ1n) is 6.19. The Hall–Kier alpha value is -1.19. The van der Waals surface area contributed by atoms with E-state index in [-0.39, 0.29) is 0 Å². The molecule has 0 aliphatic rings. The van der Waals surface area contributed by atoms with E-state index in [4.69, 9.17) is 0 Å². The van der Waals surface area contributed by atoms with Crippen LogP contribution in [0, 0.1) is 0 Å². The summed E-state index contributed by atoms with van der Waals surface area (Å²) in [5, 5.41) is 3.52. The highest BCUT2D eigenvalue weighted by Crippen LogP contribution is 2.25. The Balaban J connectivity index is 2.21. The summed E-state index contributed by atoms with van der Waals surface area (Å²) in [5.74, 6) is 0. The van der Waals surface area contributed by atoms with E-state index >= 15 is 0 Å². The van der Waals surface area contributed by atoms with E-state index in [9.17, 15) is 0 Å². The second-order valence-corrected chi connectivity index (χ2v) is 5.01. The predicted molar refractivity (Wildman–Crippen MR) is 78.5 cm³/mol. The molecule has 18 heavy (non-hydrogen) atoms. The van der Waals surface area contributed by atoms with E-state index in [1.54, 1.807) is 0 Å². The lowest BCUT2D eigenvalue weighted by Crippen LogP contribution is -2.23. The fourth-order valence-corrected chi connectivity index (χ4v) is 2.59. The van der Waals surface area contributed by atoms with Crippen LogP contribution in [0.2, 0.25) is 0 Å². The van der Waals surface area contributed by atoms with Crippen molar-refractivity contribution in [2.45, 2.75) is 19.4 Å². The van der Waals surface area contributed by atoms with Gasteiger partial charge >= 0.3 is 0 Å². The van der Waals surface area contributed by atoms with Crippen LogP contribution in [0.25, 0.3) is 0 Å². The maximum absolute atomic E-state index is 4.40.